The van der Waals surface area contributed by atoms with Crippen LogP contribution in [0.15, 0.2) is 66.9 Å². The summed E-state index contributed by atoms with van der Waals surface area (Å²) in [6.45, 7) is 6.73. The third-order valence-electron chi connectivity index (χ3n) is 6.19. The summed E-state index contributed by atoms with van der Waals surface area (Å²) < 4.78 is 21.5. The number of nitrogens with zero attached hydrogens (tertiary/aromatic N) is 3. The zero-order chi connectivity index (χ0) is 24.5. The molecule has 2 amide bonds. The van der Waals surface area contributed by atoms with Crippen molar-refractivity contribution in [3.05, 3.63) is 89.5 Å². The molecule has 34 heavy (non-hydrogen) atoms. The Labute approximate surface area is 199 Å². The highest BCUT2D eigenvalue weighted by atomic mass is 19.1. The molecule has 1 aromatic heterocycles. The molecule has 1 aliphatic rings. The Kier molecular flexibility index (Phi) is 6.46. The highest BCUT2D eigenvalue weighted by Gasteiger charge is 2.36. The lowest BCUT2D eigenvalue weighted by Gasteiger charge is -2.41. The van der Waals surface area contributed by atoms with Crippen molar-refractivity contribution in [1.29, 1.82) is 0 Å². The van der Waals surface area contributed by atoms with Gasteiger partial charge in [-0.1, -0.05) is 18.2 Å². The number of methoxy groups -OCH3 is 1. The minimum absolute atomic E-state index is 0.0912. The number of aromatic nitrogens is 1. The van der Waals surface area contributed by atoms with E-state index in [-0.39, 0.29) is 24.2 Å². The number of carbonyl (C=O) groups excluding carboxylic acids is 2. The fourth-order valence-electron chi connectivity index (χ4n) is 4.43. The molecule has 0 radical (unpaired) electrons. The molecule has 2 aromatic carbocycles. The van der Waals surface area contributed by atoms with Crippen LogP contribution in [0, 0.1) is 5.82 Å². The molecule has 3 aromatic rings. The average Bonchev–Trinajstić information content (AvgIpc) is 3.29. The zero-order valence-electron chi connectivity index (χ0n) is 20.0. The molecule has 0 saturated heterocycles. The molecule has 1 atom stereocenters. The highest BCUT2D eigenvalue weighted by Crippen LogP contribution is 2.33. The van der Waals surface area contributed by atoms with E-state index in [1.807, 2.05) is 45.2 Å². The Bertz CT molecular complexity index is 1200. The zero-order valence-corrected chi connectivity index (χ0v) is 20.0. The lowest BCUT2D eigenvalue weighted by Crippen LogP contribution is -2.53. The van der Waals surface area contributed by atoms with Gasteiger partial charge in [0.15, 0.2) is 0 Å². The third kappa shape index (κ3) is 4.69. The summed E-state index contributed by atoms with van der Waals surface area (Å²) in [5, 5.41) is 0. The summed E-state index contributed by atoms with van der Waals surface area (Å²) in [6.07, 6.45) is 1.97. The summed E-state index contributed by atoms with van der Waals surface area (Å²) in [4.78, 5) is 30.5. The van der Waals surface area contributed by atoms with Crippen LogP contribution in [-0.4, -0.2) is 51.9 Å². The largest absolute Gasteiger partial charge is 0.497 e. The van der Waals surface area contributed by atoms with Crippen LogP contribution in [0.2, 0.25) is 0 Å². The predicted octanol–water partition coefficient (Wildman–Crippen LogP) is 4.51. The monoisotopic (exact) mass is 463 g/mol. The Hall–Kier alpha value is -3.61. The second-order valence-electron chi connectivity index (χ2n) is 9.47. The van der Waals surface area contributed by atoms with E-state index in [1.54, 1.807) is 47.2 Å². The maximum absolute atomic E-state index is 14.1. The maximum Gasteiger partial charge on any atom is 0.254 e. The summed E-state index contributed by atoms with van der Waals surface area (Å²) in [5.41, 5.74) is 1.48. The molecule has 0 bridgehead atoms. The number of halogens is 1. The first-order chi connectivity index (χ1) is 16.2. The second-order valence-corrected chi connectivity index (χ2v) is 9.47. The summed E-state index contributed by atoms with van der Waals surface area (Å²) in [6, 6.07) is 16.7. The number of rotatable bonds is 5. The van der Waals surface area contributed by atoms with Gasteiger partial charge in [-0.2, -0.15) is 0 Å². The fraction of sp³-hybridized carbons (Fsp3) is 0.333. The van der Waals surface area contributed by atoms with Crippen LogP contribution in [0.25, 0.3) is 0 Å². The normalized spacial score (nSPS) is 15.6. The van der Waals surface area contributed by atoms with E-state index in [9.17, 15) is 14.0 Å². The van der Waals surface area contributed by atoms with Crippen molar-refractivity contribution < 1.29 is 18.7 Å². The molecule has 0 aliphatic carbocycles. The van der Waals surface area contributed by atoms with E-state index in [1.165, 1.54) is 12.1 Å². The summed E-state index contributed by atoms with van der Waals surface area (Å²) in [7, 11) is 1.55. The van der Waals surface area contributed by atoms with Crippen LogP contribution >= 0.6 is 0 Å². The molecule has 1 aliphatic heterocycles. The fourth-order valence-corrected chi connectivity index (χ4v) is 4.43. The number of ether oxygens (including phenoxy) is 1. The Morgan fingerprint density at radius 2 is 1.82 bits per heavy atom. The number of fused-ring (bicyclic) bond motifs is 1. The third-order valence-corrected chi connectivity index (χ3v) is 6.19. The van der Waals surface area contributed by atoms with Crippen LogP contribution in [0.5, 0.6) is 5.75 Å². The molecular weight excluding hydrogens is 433 g/mol. The molecule has 0 N–H and O–H groups in total. The minimum atomic E-state index is -0.597. The molecule has 6 nitrogen and oxygen atoms in total. The van der Waals surface area contributed by atoms with E-state index in [2.05, 4.69) is 4.57 Å². The summed E-state index contributed by atoms with van der Waals surface area (Å²) >= 11 is 0. The predicted molar refractivity (Wildman–Crippen MR) is 128 cm³/mol. The quantitative estimate of drug-likeness (QED) is 0.560. The van der Waals surface area contributed by atoms with Crippen molar-refractivity contribution in [2.45, 2.75) is 38.9 Å². The number of carbonyl (C=O) groups is 2. The first-order valence-electron chi connectivity index (χ1n) is 11.3. The minimum Gasteiger partial charge on any atom is -0.497 e. The number of hydrogen-bond donors (Lipinski definition) is 0. The lowest BCUT2D eigenvalue weighted by atomic mass is 9.99. The van der Waals surface area contributed by atoms with Crippen LogP contribution < -0.4 is 4.74 Å². The van der Waals surface area contributed by atoms with Gasteiger partial charge >= 0.3 is 0 Å². The number of amides is 2. The van der Waals surface area contributed by atoms with Gasteiger partial charge < -0.3 is 19.1 Å². The van der Waals surface area contributed by atoms with Crippen molar-refractivity contribution in [2.24, 2.45) is 0 Å². The molecule has 0 saturated carbocycles. The Morgan fingerprint density at radius 1 is 1.06 bits per heavy atom. The van der Waals surface area contributed by atoms with Crippen LogP contribution in [0.3, 0.4) is 0 Å². The van der Waals surface area contributed by atoms with Gasteiger partial charge in [0.25, 0.3) is 5.91 Å². The van der Waals surface area contributed by atoms with Crippen LogP contribution in [0.1, 0.15) is 48.4 Å². The first kappa shape index (κ1) is 23.5. The van der Waals surface area contributed by atoms with Gasteiger partial charge in [0, 0.05) is 36.1 Å². The van der Waals surface area contributed by atoms with Gasteiger partial charge in [-0.15, -0.1) is 0 Å². The molecule has 178 valence electrons. The van der Waals surface area contributed by atoms with Crippen molar-refractivity contribution in [3.63, 3.8) is 0 Å². The molecule has 0 fully saturated rings. The van der Waals surface area contributed by atoms with Gasteiger partial charge in [-0.25, -0.2) is 4.39 Å². The maximum atomic E-state index is 14.1. The van der Waals surface area contributed by atoms with E-state index < -0.39 is 11.6 Å². The molecule has 4 rings (SSSR count). The highest BCUT2D eigenvalue weighted by molar-refractivity contribution is 5.97. The average molecular weight is 464 g/mol. The van der Waals surface area contributed by atoms with E-state index in [0.717, 1.165) is 5.69 Å². The van der Waals surface area contributed by atoms with Gasteiger partial charge in [0.1, 0.15) is 18.1 Å². The van der Waals surface area contributed by atoms with Crippen molar-refractivity contribution in [1.82, 2.24) is 14.4 Å². The van der Waals surface area contributed by atoms with Gasteiger partial charge in [-0.05, 0) is 68.8 Å². The molecule has 7 heteroatoms. The Balaban J connectivity index is 1.66. The summed E-state index contributed by atoms with van der Waals surface area (Å²) in [5.74, 6) is -0.206. The van der Waals surface area contributed by atoms with Gasteiger partial charge in [-0.3, -0.25) is 9.59 Å². The van der Waals surface area contributed by atoms with Crippen molar-refractivity contribution in [3.8, 4) is 5.75 Å². The lowest BCUT2D eigenvalue weighted by molar-refractivity contribution is -0.135. The smallest absolute Gasteiger partial charge is 0.254 e. The van der Waals surface area contributed by atoms with Gasteiger partial charge in [0.05, 0.1) is 13.2 Å². The van der Waals surface area contributed by atoms with E-state index in [0.29, 0.717) is 30.0 Å². The SMILES string of the molecule is COc1cccc(C(=O)N(CC(=O)N2CCn3cccc3C2c2cccc(F)c2)C(C)(C)C)c1. The molecule has 2 heterocycles. The van der Waals surface area contributed by atoms with Gasteiger partial charge in [0.2, 0.25) is 5.91 Å². The molecular formula is C27H30FN3O3. The number of benzene rings is 2. The van der Waals surface area contributed by atoms with Crippen molar-refractivity contribution in [2.75, 3.05) is 20.2 Å². The topological polar surface area (TPSA) is 54.8 Å². The van der Waals surface area contributed by atoms with Crippen molar-refractivity contribution >= 4 is 11.8 Å². The van der Waals surface area contributed by atoms with Crippen LogP contribution in [-0.2, 0) is 11.3 Å². The van der Waals surface area contributed by atoms with E-state index >= 15 is 0 Å². The second kappa shape index (κ2) is 9.33. The number of hydrogen-bond acceptors (Lipinski definition) is 3. The molecule has 1 unspecified atom stereocenters. The first-order valence-corrected chi connectivity index (χ1v) is 11.3. The van der Waals surface area contributed by atoms with Crippen LogP contribution in [0.4, 0.5) is 4.39 Å². The standard InChI is InChI=1S/C27H30FN3O3/c1-27(2,3)31(26(33)20-9-6-11-22(17-20)34-4)18-24(32)30-15-14-29-13-7-12-23(29)25(30)19-8-5-10-21(28)16-19/h5-13,16-17,25H,14-15,18H2,1-4H3. The molecule has 0 spiro atoms. The van der Waals surface area contributed by atoms with E-state index in [4.69, 9.17) is 4.74 Å². The Morgan fingerprint density at radius 3 is 2.53 bits per heavy atom.